The lowest BCUT2D eigenvalue weighted by molar-refractivity contribution is -0.139. The SMILES string of the molecule is COCC(=O)N1CCC2(CC1)C[C@H](N(C)c1ccc(C)cc1)CO2. The summed E-state index contributed by atoms with van der Waals surface area (Å²) in [4.78, 5) is 16.2. The number of likely N-dealkylation sites (N-methyl/N-ethyl adjacent to an activating group) is 1. The van der Waals surface area contributed by atoms with Gasteiger partial charge in [-0.2, -0.15) is 0 Å². The van der Waals surface area contributed by atoms with Gasteiger partial charge in [-0.3, -0.25) is 4.79 Å². The van der Waals surface area contributed by atoms with Crippen LogP contribution in [0.15, 0.2) is 24.3 Å². The minimum atomic E-state index is -0.0620. The van der Waals surface area contributed by atoms with Crippen LogP contribution in [0.25, 0.3) is 0 Å². The Morgan fingerprint density at radius 2 is 2.00 bits per heavy atom. The van der Waals surface area contributed by atoms with Crippen molar-refractivity contribution in [2.45, 2.75) is 37.8 Å². The molecule has 2 heterocycles. The number of rotatable bonds is 4. The van der Waals surface area contributed by atoms with E-state index in [1.165, 1.54) is 11.3 Å². The van der Waals surface area contributed by atoms with Gasteiger partial charge in [-0.25, -0.2) is 0 Å². The van der Waals surface area contributed by atoms with Crippen LogP contribution in [0.3, 0.4) is 0 Å². The van der Waals surface area contributed by atoms with E-state index >= 15 is 0 Å². The Labute approximate surface area is 144 Å². The fourth-order valence-electron chi connectivity index (χ4n) is 3.79. The molecule has 5 nitrogen and oxygen atoms in total. The van der Waals surface area contributed by atoms with Crippen LogP contribution < -0.4 is 4.90 Å². The van der Waals surface area contributed by atoms with Gasteiger partial charge in [0.15, 0.2) is 0 Å². The highest BCUT2D eigenvalue weighted by Gasteiger charge is 2.44. The second kappa shape index (κ2) is 7.11. The first-order valence-electron chi connectivity index (χ1n) is 8.73. The van der Waals surface area contributed by atoms with Crippen molar-refractivity contribution in [3.8, 4) is 0 Å². The lowest BCUT2D eigenvalue weighted by Crippen LogP contribution is -2.47. The second-order valence-corrected chi connectivity index (χ2v) is 7.11. The zero-order valence-corrected chi connectivity index (χ0v) is 15.0. The summed E-state index contributed by atoms with van der Waals surface area (Å²) in [5.74, 6) is 0.0821. The molecular weight excluding hydrogens is 304 g/mol. The Morgan fingerprint density at radius 1 is 1.33 bits per heavy atom. The number of hydrogen-bond donors (Lipinski definition) is 0. The number of hydrogen-bond acceptors (Lipinski definition) is 4. The lowest BCUT2D eigenvalue weighted by Gasteiger charge is -2.39. The van der Waals surface area contributed by atoms with Crippen LogP contribution >= 0.6 is 0 Å². The van der Waals surface area contributed by atoms with Crippen molar-refractivity contribution in [2.24, 2.45) is 0 Å². The normalized spacial score (nSPS) is 22.8. The van der Waals surface area contributed by atoms with E-state index in [4.69, 9.17) is 9.47 Å². The van der Waals surface area contributed by atoms with E-state index in [2.05, 4.69) is 43.1 Å². The average Bonchev–Trinajstić information content (AvgIpc) is 2.99. The average molecular weight is 332 g/mol. The first-order valence-corrected chi connectivity index (χ1v) is 8.73. The highest BCUT2D eigenvalue weighted by Crippen LogP contribution is 2.38. The van der Waals surface area contributed by atoms with Gasteiger partial charge < -0.3 is 19.3 Å². The van der Waals surface area contributed by atoms with Gasteiger partial charge in [0.1, 0.15) is 6.61 Å². The number of anilines is 1. The highest BCUT2D eigenvalue weighted by atomic mass is 16.5. The molecule has 132 valence electrons. The van der Waals surface area contributed by atoms with E-state index in [1.54, 1.807) is 7.11 Å². The van der Waals surface area contributed by atoms with Crippen LogP contribution in [0.5, 0.6) is 0 Å². The molecule has 3 rings (SSSR count). The van der Waals surface area contributed by atoms with Crippen LogP contribution in [0.4, 0.5) is 5.69 Å². The molecule has 0 unspecified atom stereocenters. The van der Waals surface area contributed by atoms with E-state index in [1.807, 2.05) is 4.90 Å². The Bertz CT molecular complexity index is 564. The number of aryl methyl sites for hydroxylation is 1. The Morgan fingerprint density at radius 3 is 2.62 bits per heavy atom. The number of methoxy groups -OCH3 is 1. The molecule has 1 atom stereocenters. The second-order valence-electron chi connectivity index (χ2n) is 7.11. The fraction of sp³-hybridized carbons (Fsp3) is 0.632. The summed E-state index contributed by atoms with van der Waals surface area (Å²) in [7, 11) is 3.71. The summed E-state index contributed by atoms with van der Waals surface area (Å²) in [6, 6.07) is 9.04. The van der Waals surface area contributed by atoms with Gasteiger partial charge in [0.25, 0.3) is 0 Å². The van der Waals surface area contributed by atoms with Crippen molar-refractivity contribution in [1.29, 1.82) is 0 Å². The van der Waals surface area contributed by atoms with Crippen LogP contribution in [0.1, 0.15) is 24.8 Å². The van der Waals surface area contributed by atoms with Crippen molar-refractivity contribution in [3.63, 3.8) is 0 Å². The minimum Gasteiger partial charge on any atom is -0.375 e. The molecule has 0 saturated carbocycles. The summed E-state index contributed by atoms with van der Waals surface area (Å²) >= 11 is 0. The largest absolute Gasteiger partial charge is 0.375 e. The molecule has 0 N–H and O–H groups in total. The number of nitrogens with zero attached hydrogens (tertiary/aromatic N) is 2. The zero-order valence-electron chi connectivity index (χ0n) is 15.0. The van der Waals surface area contributed by atoms with Gasteiger partial charge in [-0.05, 0) is 38.3 Å². The molecule has 2 saturated heterocycles. The third-order valence-corrected chi connectivity index (χ3v) is 5.47. The molecule has 0 aliphatic carbocycles. The summed E-state index contributed by atoms with van der Waals surface area (Å²) in [5.41, 5.74) is 2.45. The van der Waals surface area contributed by atoms with E-state index in [9.17, 15) is 4.79 Å². The summed E-state index contributed by atoms with van der Waals surface area (Å²) in [6.45, 7) is 4.57. The van der Waals surface area contributed by atoms with Crippen molar-refractivity contribution in [2.75, 3.05) is 45.4 Å². The van der Waals surface area contributed by atoms with Crippen molar-refractivity contribution < 1.29 is 14.3 Å². The standard InChI is InChI=1S/C19H28N2O3/c1-15-4-6-16(7-5-15)20(2)17-12-19(24-13-17)8-10-21(11-9-19)18(22)14-23-3/h4-7,17H,8-14H2,1-3H3/t17-/m0/s1. The number of amides is 1. The molecule has 0 radical (unpaired) electrons. The predicted octanol–water partition coefficient (Wildman–Crippen LogP) is 2.23. The van der Waals surface area contributed by atoms with E-state index in [-0.39, 0.29) is 18.1 Å². The molecule has 1 aromatic carbocycles. The first-order chi connectivity index (χ1) is 11.5. The smallest absolute Gasteiger partial charge is 0.248 e. The summed E-state index contributed by atoms with van der Waals surface area (Å²) < 4.78 is 11.2. The molecule has 2 aliphatic rings. The van der Waals surface area contributed by atoms with Crippen LogP contribution in [0, 0.1) is 6.92 Å². The number of benzene rings is 1. The third-order valence-electron chi connectivity index (χ3n) is 5.47. The van der Waals surface area contributed by atoms with E-state index in [0.717, 1.165) is 39.0 Å². The van der Waals surface area contributed by atoms with Gasteiger partial charge >= 0.3 is 0 Å². The maximum Gasteiger partial charge on any atom is 0.248 e. The maximum absolute atomic E-state index is 11.9. The summed E-state index contributed by atoms with van der Waals surface area (Å²) in [6.07, 6.45) is 2.87. The quantitative estimate of drug-likeness (QED) is 0.848. The molecule has 0 aromatic heterocycles. The predicted molar refractivity (Wildman–Crippen MR) is 94.4 cm³/mol. The van der Waals surface area contributed by atoms with Gasteiger partial charge in [0.2, 0.25) is 5.91 Å². The molecule has 1 amide bonds. The monoisotopic (exact) mass is 332 g/mol. The van der Waals surface area contributed by atoms with E-state index < -0.39 is 0 Å². The van der Waals surface area contributed by atoms with Gasteiger partial charge in [-0.1, -0.05) is 17.7 Å². The lowest BCUT2D eigenvalue weighted by atomic mass is 9.87. The third kappa shape index (κ3) is 3.57. The Hall–Kier alpha value is -1.59. The summed E-state index contributed by atoms with van der Waals surface area (Å²) in [5, 5.41) is 0. The zero-order chi connectivity index (χ0) is 17.2. The van der Waals surface area contributed by atoms with Crippen LogP contribution in [-0.4, -0.2) is 62.9 Å². The Kier molecular flexibility index (Phi) is 5.11. The first kappa shape index (κ1) is 17.2. The molecular formula is C19H28N2O3. The van der Waals surface area contributed by atoms with Crippen molar-refractivity contribution in [3.05, 3.63) is 29.8 Å². The topological polar surface area (TPSA) is 42.0 Å². The molecule has 5 heteroatoms. The number of carbonyl (C=O) groups is 1. The van der Waals surface area contributed by atoms with Gasteiger partial charge in [0.05, 0.1) is 18.2 Å². The number of piperidine rings is 1. The number of likely N-dealkylation sites (tertiary alicyclic amines) is 1. The maximum atomic E-state index is 11.9. The highest BCUT2D eigenvalue weighted by molar-refractivity contribution is 5.77. The van der Waals surface area contributed by atoms with Gasteiger partial charge in [-0.15, -0.1) is 0 Å². The minimum absolute atomic E-state index is 0.0620. The molecule has 0 bridgehead atoms. The molecule has 2 fully saturated rings. The molecule has 1 spiro atoms. The Balaban J connectivity index is 1.57. The van der Waals surface area contributed by atoms with Crippen molar-refractivity contribution in [1.82, 2.24) is 4.90 Å². The van der Waals surface area contributed by atoms with Crippen LogP contribution in [0.2, 0.25) is 0 Å². The van der Waals surface area contributed by atoms with Crippen molar-refractivity contribution >= 4 is 11.6 Å². The number of carbonyl (C=O) groups excluding carboxylic acids is 1. The van der Waals surface area contributed by atoms with Gasteiger partial charge in [0, 0.05) is 32.9 Å². The number of ether oxygens (including phenoxy) is 2. The van der Waals surface area contributed by atoms with Crippen LogP contribution in [-0.2, 0) is 14.3 Å². The molecule has 24 heavy (non-hydrogen) atoms. The molecule has 2 aliphatic heterocycles. The fourth-order valence-corrected chi connectivity index (χ4v) is 3.79. The molecule has 1 aromatic rings. The van der Waals surface area contributed by atoms with E-state index in [0.29, 0.717) is 6.04 Å².